The van der Waals surface area contributed by atoms with Crippen molar-refractivity contribution in [1.29, 1.82) is 5.26 Å². The van der Waals surface area contributed by atoms with E-state index >= 15 is 0 Å². The van der Waals surface area contributed by atoms with Crippen LogP contribution < -0.4 is 10.5 Å². The van der Waals surface area contributed by atoms with Gasteiger partial charge in [-0.1, -0.05) is 20.8 Å². The van der Waals surface area contributed by atoms with Crippen molar-refractivity contribution < 1.29 is 4.74 Å². The first-order valence-electron chi connectivity index (χ1n) is 5.35. The minimum atomic E-state index is 0.251. The summed E-state index contributed by atoms with van der Waals surface area (Å²) in [5, 5.41) is 8.69. The van der Waals surface area contributed by atoms with E-state index in [0.29, 0.717) is 23.6 Å². The standard InChI is InChI=1S/C13H18N2O/c1-13(2,3)6-7-16-12-5-4-10(9-14)8-11(12)15/h4-5,8H,6-7,15H2,1-3H3. The van der Waals surface area contributed by atoms with E-state index in [1.54, 1.807) is 18.2 Å². The van der Waals surface area contributed by atoms with Gasteiger partial charge in [0.25, 0.3) is 0 Å². The predicted molar refractivity (Wildman–Crippen MR) is 65.1 cm³/mol. The van der Waals surface area contributed by atoms with Crippen LogP contribution in [0.5, 0.6) is 5.75 Å². The van der Waals surface area contributed by atoms with Crippen molar-refractivity contribution in [1.82, 2.24) is 0 Å². The molecule has 0 saturated carbocycles. The Hall–Kier alpha value is -1.69. The number of hydrogen-bond acceptors (Lipinski definition) is 3. The maximum Gasteiger partial charge on any atom is 0.142 e. The molecule has 1 aromatic carbocycles. The molecular weight excluding hydrogens is 200 g/mol. The molecule has 0 spiro atoms. The maximum atomic E-state index is 8.69. The Morgan fingerprint density at radius 2 is 2.06 bits per heavy atom. The molecule has 0 fully saturated rings. The van der Waals surface area contributed by atoms with Gasteiger partial charge in [-0.05, 0) is 30.0 Å². The molecule has 2 N–H and O–H groups in total. The van der Waals surface area contributed by atoms with Crippen molar-refractivity contribution in [2.45, 2.75) is 27.2 Å². The third-order valence-electron chi connectivity index (χ3n) is 2.25. The second-order valence-corrected chi connectivity index (χ2v) is 5.02. The van der Waals surface area contributed by atoms with E-state index in [4.69, 9.17) is 15.7 Å². The van der Waals surface area contributed by atoms with Crippen LogP contribution in [0.15, 0.2) is 18.2 Å². The molecule has 0 bridgehead atoms. The van der Waals surface area contributed by atoms with E-state index in [9.17, 15) is 0 Å². The van der Waals surface area contributed by atoms with Crippen LogP contribution in [-0.4, -0.2) is 6.61 Å². The number of nitrogens with zero attached hydrogens (tertiary/aromatic N) is 1. The quantitative estimate of drug-likeness (QED) is 0.793. The Bertz CT molecular complexity index is 399. The number of nitriles is 1. The zero-order valence-electron chi connectivity index (χ0n) is 10.1. The minimum Gasteiger partial charge on any atom is -0.491 e. The summed E-state index contributed by atoms with van der Waals surface area (Å²) in [5.74, 6) is 0.656. The van der Waals surface area contributed by atoms with Crippen LogP contribution in [0, 0.1) is 16.7 Å². The molecule has 0 heterocycles. The van der Waals surface area contributed by atoms with Crippen LogP contribution >= 0.6 is 0 Å². The number of benzene rings is 1. The summed E-state index contributed by atoms with van der Waals surface area (Å²) in [7, 11) is 0. The Balaban J connectivity index is 2.59. The number of hydrogen-bond donors (Lipinski definition) is 1. The van der Waals surface area contributed by atoms with Gasteiger partial charge in [-0.15, -0.1) is 0 Å². The molecular formula is C13H18N2O. The van der Waals surface area contributed by atoms with Gasteiger partial charge >= 0.3 is 0 Å². The van der Waals surface area contributed by atoms with E-state index in [-0.39, 0.29) is 5.41 Å². The van der Waals surface area contributed by atoms with Crippen LogP contribution in [0.3, 0.4) is 0 Å². The molecule has 86 valence electrons. The largest absolute Gasteiger partial charge is 0.491 e. The number of nitrogens with two attached hydrogens (primary N) is 1. The van der Waals surface area contributed by atoms with Gasteiger partial charge in [-0.25, -0.2) is 0 Å². The molecule has 3 nitrogen and oxygen atoms in total. The first kappa shape index (κ1) is 12.4. The van der Waals surface area contributed by atoms with Crippen molar-refractivity contribution in [3.8, 4) is 11.8 Å². The minimum absolute atomic E-state index is 0.251. The van der Waals surface area contributed by atoms with Gasteiger partial charge in [0.2, 0.25) is 0 Å². The van der Waals surface area contributed by atoms with Crippen molar-refractivity contribution in [3.05, 3.63) is 23.8 Å². The summed E-state index contributed by atoms with van der Waals surface area (Å²) < 4.78 is 5.58. The Labute approximate surface area is 96.8 Å². The smallest absolute Gasteiger partial charge is 0.142 e. The summed E-state index contributed by atoms with van der Waals surface area (Å²) in [6.45, 7) is 7.13. The first-order chi connectivity index (χ1) is 7.42. The molecule has 0 aromatic heterocycles. The molecule has 0 saturated heterocycles. The predicted octanol–water partition coefficient (Wildman–Crippen LogP) is 2.96. The van der Waals surface area contributed by atoms with Gasteiger partial charge in [0.1, 0.15) is 5.75 Å². The SMILES string of the molecule is CC(C)(C)CCOc1ccc(C#N)cc1N. The van der Waals surface area contributed by atoms with Gasteiger partial charge in [0, 0.05) is 0 Å². The summed E-state index contributed by atoms with van der Waals surface area (Å²) >= 11 is 0. The van der Waals surface area contributed by atoms with E-state index in [1.165, 1.54) is 0 Å². The molecule has 0 aliphatic heterocycles. The zero-order chi connectivity index (χ0) is 12.2. The summed E-state index contributed by atoms with van der Waals surface area (Å²) in [5.41, 5.74) is 7.10. The Morgan fingerprint density at radius 1 is 1.38 bits per heavy atom. The molecule has 0 atom stereocenters. The number of ether oxygens (including phenoxy) is 1. The van der Waals surface area contributed by atoms with E-state index in [0.717, 1.165) is 6.42 Å². The zero-order valence-corrected chi connectivity index (χ0v) is 10.1. The molecule has 0 unspecified atom stereocenters. The van der Waals surface area contributed by atoms with E-state index < -0.39 is 0 Å². The third kappa shape index (κ3) is 3.82. The van der Waals surface area contributed by atoms with Gasteiger partial charge in [-0.2, -0.15) is 5.26 Å². The van der Waals surface area contributed by atoms with Crippen LogP contribution in [0.2, 0.25) is 0 Å². The van der Waals surface area contributed by atoms with E-state index in [2.05, 4.69) is 20.8 Å². The molecule has 0 aliphatic rings. The monoisotopic (exact) mass is 218 g/mol. The number of rotatable bonds is 3. The summed E-state index contributed by atoms with van der Waals surface area (Å²) in [6, 6.07) is 7.13. The first-order valence-corrected chi connectivity index (χ1v) is 5.35. The van der Waals surface area contributed by atoms with Gasteiger partial charge < -0.3 is 10.5 Å². The number of nitrogen functional groups attached to an aromatic ring is 1. The third-order valence-corrected chi connectivity index (χ3v) is 2.25. The maximum absolute atomic E-state index is 8.69. The fourth-order valence-corrected chi connectivity index (χ4v) is 1.22. The summed E-state index contributed by atoms with van der Waals surface area (Å²) in [6.07, 6.45) is 0.965. The highest BCUT2D eigenvalue weighted by Crippen LogP contribution is 2.24. The van der Waals surface area contributed by atoms with Crippen LogP contribution in [0.4, 0.5) is 5.69 Å². The van der Waals surface area contributed by atoms with E-state index in [1.807, 2.05) is 6.07 Å². The van der Waals surface area contributed by atoms with Gasteiger partial charge in [-0.3, -0.25) is 0 Å². The van der Waals surface area contributed by atoms with Crippen molar-refractivity contribution >= 4 is 5.69 Å². The van der Waals surface area contributed by atoms with Gasteiger partial charge in [0.05, 0.1) is 23.9 Å². The van der Waals surface area contributed by atoms with Crippen LogP contribution in [-0.2, 0) is 0 Å². The van der Waals surface area contributed by atoms with Crippen molar-refractivity contribution in [2.24, 2.45) is 5.41 Å². The molecule has 1 aromatic rings. The molecule has 0 radical (unpaired) electrons. The van der Waals surface area contributed by atoms with Gasteiger partial charge in [0.15, 0.2) is 0 Å². The molecule has 16 heavy (non-hydrogen) atoms. The van der Waals surface area contributed by atoms with Crippen molar-refractivity contribution in [3.63, 3.8) is 0 Å². The summed E-state index contributed by atoms with van der Waals surface area (Å²) in [4.78, 5) is 0. The number of anilines is 1. The lowest BCUT2D eigenvalue weighted by atomic mass is 9.93. The van der Waals surface area contributed by atoms with Crippen LogP contribution in [0.25, 0.3) is 0 Å². The average Bonchev–Trinajstić information content (AvgIpc) is 2.18. The Morgan fingerprint density at radius 3 is 2.56 bits per heavy atom. The lowest BCUT2D eigenvalue weighted by Crippen LogP contribution is -2.11. The lowest BCUT2D eigenvalue weighted by Gasteiger charge is -2.18. The fraction of sp³-hybridized carbons (Fsp3) is 0.462. The fourth-order valence-electron chi connectivity index (χ4n) is 1.22. The molecule has 3 heteroatoms. The normalized spacial score (nSPS) is 10.9. The highest BCUT2D eigenvalue weighted by molar-refractivity contribution is 5.56. The van der Waals surface area contributed by atoms with Crippen molar-refractivity contribution in [2.75, 3.05) is 12.3 Å². The molecule has 1 rings (SSSR count). The second kappa shape index (κ2) is 4.89. The second-order valence-electron chi connectivity index (χ2n) is 5.02. The lowest BCUT2D eigenvalue weighted by molar-refractivity contribution is 0.244. The average molecular weight is 218 g/mol. The highest BCUT2D eigenvalue weighted by Gasteiger charge is 2.10. The molecule has 0 aliphatic carbocycles. The van der Waals surface area contributed by atoms with Crippen LogP contribution in [0.1, 0.15) is 32.8 Å². The molecule has 0 amide bonds. The highest BCUT2D eigenvalue weighted by atomic mass is 16.5. The Kier molecular flexibility index (Phi) is 3.78. The topological polar surface area (TPSA) is 59.0 Å².